The minimum absolute atomic E-state index is 0.606. The van der Waals surface area contributed by atoms with Gasteiger partial charge < -0.3 is 0 Å². The van der Waals surface area contributed by atoms with Crippen LogP contribution in [0.1, 0.15) is 0 Å². The minimum Gasteiger partial charge on any atom is -0.300 e. The summed E-state index contributed by atoms with van der Waals surface area (Å²) >= 11 is 9.32. The molecule has 5 heteroatoms. The predicted molar refractivity (Wildman–Crippen MR) is 31.4 cm³/mol. The van der Waals surface area contributed by atoms with E-state index in [0.717, 1.165) is 0 Å². The van der Waals surface area contributed by atoms with Crippen molar-refractivity contribution in [1.82, 2.24) is 10.7 Å². The van der Waals surface area contributed by atoms with E-state index in [1.54, 1.807) is 0 Å². The molecular weight excluding hydrogens is 130 g/mol. The van der Waals surface area contributed by atoms with Crippen LogP contribution in [0.4, 0.5) is 0 Å². The molecule has 7 heavy (non-hydrogen) atoms. The Hall–Kier alpha value is -0.290. The second-order valence-corrected chi connectivity index (χ2v) is 2.00. The molecule has 1 aliphatic rings. The van der Waals surface area contributed by atoms with Crippen molar-refractivity contribution in [3.05, 3.63) is 0 Å². The van der Waals surface area contributed by atoms with Crippen LogP contribution >= 0.6 is 12.2 Å². The van der Waals surface area contributed by atoms with Crippen molar-refractivity contribution in [3.63, 3.8) is 0 Å². The van der Waals surface area contributed by atoms with E-state index in [9.17, 15) is 0 Å². The van der Waals surface area contributed by atoms with Crippen molar-refractivity contribution >= 4 is 29.8 Å². The first-order chi connectivity index (χ1) is 3.29. The van der Waals surface area contributed by atoms with Gasteiger partial charge in [0.1, 0.15) is 0 Å². The van der Waals surface area contributed by atoms with Gasteiger partial charge in [0.2, 0.25) is 5.11 Å². The number of hydrogen-bond acceptors (Lipinski definition) is 2. The van der Waals surface area contributed by atoms with E-state index >= 15 is 0 Å². The summed E-state index contributed by atoms with van der Waals surface area (Å²) in [7, 11) is 0. The van der Waals surface area contributed by atoms with Crippen LogP contribution in [0.5, 0.6) is 0 Å². The fraction of sp³-hybridized carbons (Fsp3) is 0.500. The topological polar surface area (TPSA) is 27.1 Å². The molecule has 0 aromatic heterocycles. The van der Waals surface area contributed by atoms with Crippen LogP contribution in [0, 0.1) is 0 Å². The van der Waals surface area contributed by atoms with Gasteiger partial charge in [0, 0.05) is 0 Å². The molecule has 1 rings (SSSR count). The molecule has 0 unspecified atom stereocenters. The Morgan fingerprint density at radius 3 is 2.57 bits per heavy atom. The van der Waals surface area contributed by atoms with Gasteiger partial charge in [-0.2, -0.15) is 0 Å². The Morgan fingerprint density at radius 1 is 1.71 bits per heavy atom. The van der Waals surface area contributed by atoms with Gasteiger partial charge in [-0.1, -0.05) is 0 Å². The van der Waals surface area contributed by atoms with Gasteiger partial charge in [-0.3, -0.25) is 5.32 Å². The molecule has 3 nitrogen and oxygen atoms in total. The summed E-state index contributed by atoms with van der Waals surface area (Å²) in [5.74, 6) is 0. The number of thiocarbonyl (C=S) groups is 1. The molecule has 0 aromatic rings. The maximum absolute atomic E-state index is 4.67. The van der Waals surface area contributed by atoms with Gasteiger partial charge >= 0.3 is 0 Å². The molecule has 0 saturated carbocycles. The summed E-state index contributed by atoms with van der Waals surface area (Å²) in [6.45, 7) is 0.619. The standard InChI is InChI=1S/C2H3N3S2/c6-2-3-1-5(7)4-2/h1H2,(H-,3,4,6,7)/p+1. The summed E-state index contributed by atoms with van der Waals surface area (Å²) in [6, 6.07) is 0. The van der Waals surface area contributed by atoms with Crippen molar-refractivity contribution in [2.75, 3.05) is 6.67 Å². The van der Waals surface area contributed by atoms with Crippen molar-refractivity contribution in [2.45, 2.75) is 0 Å². The lowest BCUT2D eigenvalue weighted by Crippen LogP contribution is -2.22. The molecule has 2 N–H and O–H groups in total. The quantitative estimate of drug-likeness (QED) is 0.331. The number of rotatable bonds is 0. The zero-order chi connectivity index (χ0) is 5.28. The van der Waals surface area contributed by atoms with Crippen LogP contribution in [-0.2, 0) is 12.4 Å². The monoisotopic (exact) mass is 134 g/mol. The summed E-state index contributed by atoms with van der Waals surface area (Å²) in [5, 5.41) is 3.42. The van der Waals surface area contributed by atoms with Gasteiger partial charge in [-0.25, -0.2) is 0 Å². The molecule has 1 saturated heterocycles. The van der Waals surface area contributed by atoms with Crippen LogP contribution in [0.3, 0.4) is 0 Å². The molecule has 0 spiro atoms. The lowest BCUT2D eigenvalue weighted by atomic mass is 11.1. The Balaban J connectivity index is 2.55. The van der Waals surface area contributed by atoms with E-state index in [-0.39, 0.29) is 0 Å². The Bertz CT molecular complexity index is 106. The smallest absolute Gasteiger partial charge is 0.299 e. The van der Waals surface area contributed by atoms with Crippen LogP contribution < -0.4 is 10.7 Å². The highest BCUT2D eigenvalue weighted by Crippen LogP contribution is 1.74. The maximum Gasteiger partial charge on any atom is 0.299 e. The fourth-order valence-corrected chi connectivity index (χ4v) is 0.724. The third-order valence-electron chi connectivity index (χ3n) is 0.609. The summed E-state index contributed by atoms with van der Waals surface area (Å²) in [6.07, 6.45) is 0. The van der Waals surface area contributed by atoms with Gasteiger partial charge in [0.05, 0.1) is 0 Å². The average Bonchev–Trinajstić information content (AvgIpc) is 1.87. The molecule has 0 amide bonds. The number of nitrogens with zero attached hydrogens (tertiary/aromatic N) is 1. The Labute approximate surface area is 51.8 Å². The molecule has 1 aliphatic heterocycles. The van der Waals surface area contributed by atoms with Crippen LogP contribution in [0.25, 0.3) is 0 Å². The van der Waals surface area contributed by atoms with Gasteiger partial charge in [0.15, 0.2) is 0 Å². The highest BCUT2D eigenvalue weighted by Gasteiger charge is 2.14. The predicted octanol–water partition coefficient (Wildman–Crippen LogP) is -0.920. The van der Waals surface area contributed by atoms with Crippen molar-refractivity contribution in [1.29, 1.82) is 0 Å². The van der Waals surface area contributed by atoms with Crippen LogP contribution in [0.2, 0.25) is 0 Å². The van der Waals surface area contributed by atoms with Crippen molar-refractivity contribution in [3.8, 4) is 0 Å². The van der Waals surface area contributed by atoms with E-state index in [0.29, 0.717) is 11.8 Å². The van der Waals surface area contributed by atoms with Crippen LogP contribution in [-0.4, -0.2) is 15.8 Å². The van der Waals surface area contributed by atoms with Crippen molar-refractivity contribution < 1.29 is 4.05 Å². The first kappa shape index (κ1) is 4.86. The molecule has 0 aliphatic carbocycles. The minimum atomic E-state index is 0.606. The first-order valence-electron chi connectivity index (χ1n) is 1.78. The second-order valence-electron chi connectivity index (χ2n) is 1.15. The molecular formula is C2H4N3S2+. The van der Waals surface area contributed by atoms with E-state index in [2.05, 4.69) is 35.4 Å². The normalized spacial score (nSPS) is 18.9. The van der Waals surface area contributed by atoms with Gasteiger partial charge in [-0.05, 0) is 16.3 Å². The molecule has 1 heterocycles. The van der Waals surface area contributed by atoms with Crippen LogP contribution in [0.15, 0.2) is 0 Å². The number of hydrazine groups is 1. The summed E-state index contributed by atoms with van der Waals surface area (Å²) in [4.78, 5) is 0. The molecule has 0 aromatic carbocycles. The molecule has 0 bridgehead atoms. The lowest BCUT2D eigenvalue weighted by Gasteiger charge is -1.76. The highest BCUT2D eigenvalue weighted by atomic mass is 32.1. The highest BCUT2D eigenvalue weighted by molar-refractivity contribution is 7.80. The second kappa shape index (κ2) is 1.67. The Kier molecular flexibility index (Phi) is 1.16. The van der Waals surface area contributed by atoms with E-state index in [4.69, 9.17) is 0 Å². The van der Waals surface area contributed by atoms with E-state index < -0.39 is 0 Å². The van der Waals surface area contributed by atoms with Gasteiger partial charge in [0.25, 0.3) is 19.1 Å². The number of nitrogens with one attached hydrogen (secondary N) is 2. The van der Waals surface area contributed by atoms with Gasteiger partial charge in [-0.15, -0.1) is 5.43 Å². The number of hydrogen-bond donors (Lipinski definition) is 2. The maximum atomic E-state index is 4.67. The molecule has 0 atom stereocenters. The van der Waals surface area contributed by atoms with E-state index in [1.807, 2.05) is 0 Å². The first-order valence-corrected chi connectivity index (χ1v) is 2.55. The summed E-state index contributed by atoms with van der Waals surface area (Å²) < 4.78 is 1.46. The SMILES string of the molecule is S=C1NC[N+](=S)N1. The fourth-order valence-electron chi connectivity index (χ4n) is 0.336. The molecule has 38 valence electrons. The average molecular weight is 134 g/mol. The largest absolute Gasteiger partial charge is 0.300 e. The Morgan fingerprint density at radius 2 is 2.43 bits per heavy atom. The van der Waals surface area contributed by atoms with Crippen molar-refractivity contribution in [2.24, 2.45) is 0 Å². The lowest BCUT2D eigenvalue weighted by molar-refractivity contribution is -0.529. The zero-order valence-electron chi connectivity index (χ0n) is 3.47. The molecule has 1 fully saturated rings. The third kappa shape index (κ3) is 1.04. The van der Waals surface area contributed by atoms with E-state index in [1.165, 1.54) is 4.05 Å². The third-order valence-corrected chi connectivity index (χ3v) is 1.07. The molecule has 0 radical (unpaired) electrons. The summed E-state index contributed by atoms with van der Waals surface area (Å²) in [5.41, 5.74) is 2.69. The zero-order valence-corrected chi connectivity index (χ0v) is 5.10.